The molecule has 1 atom stereocenters. The van der Waals surface area contributed by atoms with E-state index in [4.69, 9.17) is 21.1 Å². The predicted molar refractivity (Wildman–Crippen MR) is 104 cm³/mol. The molecule has 1 aromatic carbocycles. The van der Waals surface area contributed by atoms with Crippen molar-refractivity contribution in [3.63, 3.8) is 0 Å². The number of nitrogens with zero attached hydrogens (tertiary/aromatic N) is 4. The summed E-state index contributed by atoms with van der Waals surface area (Å²) in [6.45, 7) is 5.03. The van der Waals surface area contributed by atoms with Gasteiger partial charge in [-0.05, 0) is 13.8 Å². The van der Waals surface area contributed by atoms with Gasteiger partial charge in [0.1, 0.15) is 10.8 Å². The van der Waals surface area contributed by atoms with Crippen molar-refractivity contribution in [2.24, 2.45) is 0 Å². The minimum Gasteiger partial charge on any atom is -0.494 e. The molecule has 1 aromatic heterocycles. The molecule has 0 aliphatic rings. The first-order valence-electron chi connectivity index (χ1n) is 8.39. The van der Waals surface area contributed by atoms with E-state index >= 15 is 0 Å². The molecule has 2 rings (SSSR count). The number of hydrogen-bond donors (Lipinski definition) is 1. The number of methoxy groups -OCH3 is 2. The molecule has 152 valence electrons. The lowest BCUT2D eigenvalue weighted by atomic mass is 10.2. The van der Waals surface area contributed by atoms with Gasteiger partial charge in [-0.25, -0.2) is 4.98 Å². The first-order chi connectivity index (χ1) is 13.3. The normalized spacial score (nSPS) is 11.8. The molecule has 11 heteroatoms. The molecule has 1 N–H and O–H groups in total. The van der Waals surface area contributed by atoms with E-state index in [1.54, 1.807) is 7.11 Å². The molecular formula is C17H21ClFN5O4. The first kappa shape index (κ1) is 21.6. The van der Waals surface area contributed by atoms with Crippen LogP contribution < -0.4 is 15.0 Å². The molecule has 0 saturated carbocycles. The van der Waals surface area contributed by atoms with Crippen molar-refractivity contribution in [2.45, 2.75) is 20.0 Å². The topological polar surface area (TPSA) is 103 Å². The lowest BCUT2D eigenvalue weighted by Crippen LogP contribution is -2.32. The summed E-state index contributed by atoms with van der Waals surface area (Å²) in [5, 5.41) is 14.2. The Morgan fingerprint density at radius 2 is 2.14 bits per heavy atom. The van der Waals surface area contributed by atoms with Crippen LogP contribution in [-0.2, 0) is 4.74 Å². The summed E-state index contributed by atoms with van der Waals surface area (Å²) in [6.07, 6.45) is 1.36. The summed E-state index contributed by atoms with van der Waals surface area (Å²) >= 11 is 6.25. The predicted octanol–water partition coefficient (Wildman–Crippen LogP) is 3.79. The quantitative estimate of drug-likeness (QED) is 0.489. The smallest absolute Gasteiger partial charge is 0.307 e. The fourth-order valence-electron chi connectivity index (χ4n) is 2.46. The zero-order valence-corrected chi connectivity index (χ0v) is 16.7. The highest BCUT2D eigenvalue weighted by molar-refractivity contribution is 6.32. The molecule has 1 heterocycles. The van der Waals surface area contributed by atoms with Gasteiger partial charge in [0, 0.05) is 32.3 Å². The minimum absolute atomic E-state index is 0.0535. The average Bonchev–Trinajstić information content (AvgIpc) is 2.68. The fourth-order valence-corrected chi connectivity index (χ4v) is 2.67. The molecular weight excluding hydrogens is 393 g/mol. The van der Waals surface area contributed by atoms with Gasteiger partial charge < -0.3 is 19.7 Å². The van der Waals surface area contributed by atoms with Gasteiger partial charge >= 0.3 is 5.69 Å². The van der Waals surface area contributed by atoms with Crippen LogP contribution in [0.3, 0.4) is 0 Å². The third kappa shape index (κ3) is 4.96. The zero-order chi connectivity index (χ0) is 20.8. The molecule has 2 aromatic rings. The van der Waals surface area contributed by atoms with Crippen LogP contribution >= 0.6 is 11.6 Å². The van der Waals surface area contributed by atoms with E-state index in [0.717, 1.165) is 12.1 Å². The van der Waals surface area contributed by atoms with Gasteiger partial charge in [-0.15, -0.1) is 0 Å². The molecule has 0 radical (unpaired) electrons. The van der Waals surface area contributed by atoms with E-state index in [1.165, 1.54) is 13.3 Å². The molecule has 0 aliphatic carbocycles. The lowest BCUT2D eigenvalue weighted by Gasteiger charge is -2.26. The van der Waals surface area contributed by atoms with Crippen LogP contribution in [0.4, 0.5) is 27.5 Å². The van der Waals surface area contributed by atoms with Crippen LogP contribution in [0.5, 0.6) is 5.75 Å². The molecule has 0 amide bonds. The van der Waals surface area contributed by atoms with Crippen LogP contribution in [0, 0.1) is 15.9 Å². The summed E-state index contributed by atoms with van der Waals surface area (Å²) in [4.78, 5) is 20.6. The number of rotatable bonds is 9. The number of halogens is 2. The van der Waals surface area contributed by atoms with Gasteiger partial charge in [-0.2, -0.15) is 9.37 Å². The Kier molecular flexibility index (Phi) is 7.30. The number of aromatic nitrogens is 2. The number of nitrogens with one attached hydrogen (secondary N) is 1. The van der Waals surface area contributed by atoms with Crippen molar-refractivity contribution in [1.29, 1.82) is 0 Å². The van der Waals surface area contributed by atoms with Crippen LogP contribution in [0.2, 0.25) is 5.02 Å². The molecule has 0 aliphatic heterocycles. The van der Waals surface area contributed by atoms with E-state index in [1.807, 2.05) is 18.7 Å². The Hall–Kier alpha value is -2.72. The Morgan fingerprint density at radius 3 is 2.71 bits per heavy atom. The largest absolute Gasteiger partial charge is 0.494 e. The molecule has 0 fully saturated rings. The molecule has 9 nitrogen and oxygen atoms in total. The second-order valence-corrected chi connectivity index (χ2v) is 6.24. The monoisotopic (exact) mass is 413 g/mol. The SMILES string of the molecule is CCN(C[C@H](C)OC)c1nc(Nc2cc([N+](=O)[O-])c(F)cc2OC)ncc1Cl. The van der Waals surface area contributed by atoms with Gasteiger partial charge in [0.05, 0.1) is 30.0 Å². The Morgan fingerprint density at radius 1 is 1.43 bits per heavy atom. The van der Waals surface area contributed by atoms with E-state index in [-0.39, 0.29) is 23.5 Å². The second kappa shape index (κ2) is 9.47. The standard InChI is InChI=1S/C17H21ClFN5O4/c1-5-23(9-10(2)27-3)16-11(18)8-20-17(22-16)21-13-7-14(24(25)26)12(19)6-15(13)28-4/h6-8,10H,5,9H2,1-4H3,(H,20,21,22)/t10-/m0/s1. The van der Waals surface area contributed by atoms with Gasteiger partial charge in [0.15, 0.2) is 5.82 Å². The summed E-state index contributed by atoms with van der Waals surface area (Å²) in [5.74, 6) is -0.331. The number of likely N-dealkylation sites (N-methyl/N-ethyl adjacent to an activating group) is 1. The maximum Gasteiger partial charge on any atom is 0.307 e. The van der Waals surface area contributed by atoms with E-state index in [2.05, 4.69) is 15.3 Å². The van der Waals surface area contributed by atoms with E-state index in [0.29, 0.717) is 23.9 Å². The van der Waals surface area contributed by atoms with E-state index < -0.39 is 16.4 Å². The molecule has 28 heavy (non-hydrogen) atoms. The highest BCUT2D eigenvalue weighted by atomic mass is 35.5. The number of nitro groups is 1. The molecule has 0 spiro atoms. The van der Waals surface area contributed by atoms with E-state index in [9.17, 15) is 14.5 Å². The molecule has 0 bridgehead atoms. The average molecular weight is 414 g/mol. The Balaban J connectivity index is 2.40. The van der Waals surface area contributed by atoms with Crippen molar-refractivity contribution in [1.82, 2.24) is 9.97 Å². The highest BCUT2D eigenvalue weighted by Gasteiger charge is 2.20. The number of nitro benzene ring substituents is 1. The van der Waals surface area contributed by atoms with Gasteiger partial charge in [-0.1, -0.05) is 11.6 Å². The van der Waals surface area contributed by atoms with Crippen molar-refractivity contribution < 1.29 is 18.8 Å². The van der Waals surface area contributed by atoms with Crippen LogP contribution in [0.15, 0.2) is 18.3 Å². The molecule has 0 saturated heterocycles. The summed E-state index contributed by atoms with van der Waals surface area (Å²) in [6, 6.07) is 1.95. The third-order valence-corrected chi connectivity index (χ3v) is 4.27. The van der Waals surface area contributed by atoms with Crippen molar-refractivity contribution in [3.05, 3.63) is 39.3 Å². The second-order valence-electron chi connectivity index (χ2n) is 5.84. The number of hydrogen-bond acceptors (Lipinski definition) is 8. The number of anilines is 3. The van der Waals surface area contributed by atoms with Gasteiger partial charge in [0.25, 0.3) is 0 Å². The fraction of sp³-hybridized carbons (Fsp3) is 0.412. The van der Waals surface area contributed by atoms with Crippen LogP contribution in [-0.4, -0.2) is 48.3 Å². The first-order valence-corrected chi connectivity index (χ1v) is 8.77. The third-order valence-electron chi connectivity index (χ3n) is 4.00. The Labute approximate surface area is 166 Å². The number of benzene rings is 1. The van der Waals surface area contributed by atoms with Gasteiger partial charge in [-0.3, -0.25) is 10.1 Å². The summed E-state index contributed by atoms with van der Waals surface area (Å²) < 4.78 is 24.2. The maximum atomic E-state index is 13.8. The lowest BCUT2D eigenvalue weighted by molar-refractivity contribution is -0.387. The zero-order valence-electron chi connectivity index (χ0n) is 15.9. The van der Waals surface area contributed by atoms with Crippen LogP contribution in [0.1, 0.15) is 13.8 Å². The molecule has 0 unspecified atom stereocenters. The van der Waals surface area contributed by atoms with Crippen LogP contribution in [0.25, 0.3) is 0 Å². The van der Waals surface area contributed by atoms with Gasteiger partial charge in [0.2, 0.25) is 11.8 Å². The van der Waals surface area contributed by atoms with Crippen molar-refractivity contribution in [2.75, 3.05) is 37.5 Å². The minimum atomic E-state index is -1.00. The summed E-state index contributed by atoms with van der Waals surface area (Å²) in [5.41, 5.74) is -0.543. The highest BCUT2D eigenvalue weighted by Crippen LogP contribution is 2.34. The van der Waals surface area contributed by atoms with Crippen molar-refractivity contribution in [3.8, 4) is 5.75 Å². The number of ether oxygens (including phenoxy) is 2. The maximum absolute atomic E-state index is 13.8. The van der Waals surface area contributed by atoms with Crippen molar-refractivity contribution >= 4 is 34.7 Å². The Bertz CT molecular complexity index is 855. The summed E-state index contributed by atoms with van der Waals surface area (Å²) in [7, 11) is 2.94.